The Kier molecular flexibility index (Phi) is 6.39. The second kappa shape index (κ2) is 9.14. The maximum atomic E-state index is 12.5. The monoisotopic (exact) mass is 397 g/mol. The number of aromatic nitrogens is 3. The molecule has 0 radical (unpaired) electrons. The third kappa shape index (κ3) is 5.65. The van der Waals surface area contributed by atoms with Crippen molar-refractivity contribution in [2.45, 2.75) is 25.9 Å². The van der Waals surface area contributed by atoms with Gasteiger partial charge in [0.2, 0.25) is 11.8 Å². The van der Waals surface area contributed by atoms with Crippen LogP contribution in [0, 0.1) is 0 Å². The van der Waals surface area contributed by atoms with Gasteiger partial charge in [0, 0.05) is 30.4 Å². The molecule has 7 nitrogen and oxygen atoms in total. The summed E-state index contributed by atoms with van der Waals surface area (Å²) in [5, 5.41) is 10.5. The largest absolute Gasteiger partial charge is 0.349 e. The molecule has 2 N–H and O–H groups in total. The van der Waals surface area contributed by atoms with Gasteiger partial charge in [0.15, 0.2) is 5.82 Å². The molecule has 3 aromatic rings. The van der Waals surface area contributed by atoms with Crippen LogP contribution >= 0.6 is 11.6 Å². The molecule has 28 heavy (non-hydrogen) atoms. The number of nitrogens with zero attached hydrogens (tertiary/aromatic N) is 3. The number of pyridine rings is 1. The summed E-state index contributed by atoms with van der Waals surface area (Å²) in [7, 11) is 0. The maximum Gasteiger partial charge on any atom is 0.227 e. The molecule has 1 unspecified atom stereocenters. The number of benzene rings is 1. The minimum absolute atomic E-state index is 0.0777. The fourth-order valence-corrected chi connectivity index (χ4v) is 2.87. The van der Waals surface area contributed by atoms with Crippen molar-refractivity contribution in [3.63, 3.8) is 0 Å². The molecule has 0 saturated carbocycles. The minimum atomic E-state index is -0.453. The molecule has 0 saturated heterocycles. The summed E-state index contributed by atoms with van der Waals surface area (Å²) in [5.41, 5.74) is 1.67. The molecular weight excluding hydrogens is 378 g/mol. The number of amides is 2. The maximum absolute atomic E-state index is 12.5. The number of nitrogens with one attached hydrogen (secondary N) is 2. The molecule has 0 spiro atoms. The highest BCUT2D eigenvalue weighted by Crippen LogP contribution is 2.20. The number of hydrogen-bond donors (Lipinski definition) is 2. The van der Waals surface area contributed by atoms with E-state index in [9.17, 15) is 9.59 Å². The molecule has 0 bridgehead atoms. The van der Waals surface area contributed by atoms with Crippen LogP contribution in [-0.4, -0.2) is 26.6 Å². The fraction of sp³-hybridized carbons (Fsp3) is 0.200. The number of anilines is 1. The zero-order valence-corrected chi connectivity index (χ0v) is 16.1. The van der Waals surface area contributed by atoms with Gasteiger partial charge in [-0.3, -0.25) is 19.3 Å². The van der Waals surface area contributed by atoms with E-state index in [0.717, 1.165) is 11.3 Å². The molecule has 8 heteroatoms. The summed E-state index contributed by atoms with van der Waals surface area (Å²) < 4.78 is 1.70. The SMILES string of the molecule is CC(=O)NC(CC(=O)Nc1ccn(Cc2ccccn2)n1)c1ccc(Cl)cc1. The van der Waals surface area contributed by atoms with Crippen LogP contribution in [-0.2, 0) is 16.1 Å². The molecular formula is C20H20ClN5O2. The van der Waals surface area contributed by atoms with E-state index in [4.69, 9.17) is 11.6 Å². The van der Waals surface area contributed by atoms with Gasteiger partial charge >= 0.3 is 0 Å². The topological polar surface area (TPSA) is 88.9 Å². The zero-order valence-electron chi connectivity index (χ0n) is 15.3. The van der Waals surface area contributed by atoms with E-state index in [1.807, 2.05) is 18.2 Å². The van der Waals surface area contributed by atoms with Gasteiger partial charge in [-0.1, -0.05) is 29.8 Å². The van der Waals surface area contributed by atoms with Crippen LogP contribution in [0.15, 0.2) is 60.9 Å². The molecule has 2 amide bonds. The van der Waals surface area contributed by atoms with Crippen molar-refractivity contribution in [3.8, 4) is 0 Å². The van der Waals surface area contributed by atoms with Gasteiger partial charge < -0.3 is 10.6 Å². The van der Waals surface area contributed by atoms with E-state index in [2.05, 4.69) is 20.7 Å². The van der Waals surface area contributed by atoms with Crippen molar-refractivity contribution in [2.75, 3.05) is 5.32 Å². The number of halogens is 1. The van der Waals surface area contributed by atoms with Crippen LogP contribution in [0.3, 0.4) is 0 Å². The lowest BCUT2D eigenvalue weighted by molar-refractivity contribution is -0.120. The van der Waals surface area contributed by atoms with E-state index in [-0.39, 0.29) is 18.2 Å². The van der Waals surface area contributed by atoms with Crippen molar-refractivity contribution < 1.29 is 9.59 Å². The van der Waals surface area contributed by atoms with Gasteiger partial charge in [-0.15, -0.1) is 0 Å². The quantitative estimate of drug-likeness (QED) is 0.640. The first-order chi connectivity index (χ1) is 13.5. The summed E-state index contributed by atoms with van der Waals surface area (Å²) in [6.07, 6.45) is 3.57. The van der Waals surface area contributed by atoms with E-state index in [1.54, 1.807) is 47.4 Å². The minimum Gasteiger partial charge on any atom is -0.349 e. The number of rotatable bonds is 7. The highest BCUT2D eigenvalue weighted by Gasteiger charge is 2.18. The molecule has 1 aromatic carbocycles. The van der Waals surface area contributed by atoms with Crippen LogP contribution in [0.2, 0.25) is 5.02 Å². The molecule has 1 atom stereocenters. The van der Waals surface area contributed by atoms with E-state index < -0.39 is 6.04 Å². The van der Waals surface area contributed by atoms with Gasteiger partial charge in [0.05, 0.1) is 24.7 Å². The Labute approximate surface area is 167 Å². The predicted octanol–water partition coefficient (Wildman–Crippen LogP) is 3.19. The standard InChI is InChI=1S/C20H20ClN5O2/c1-14(27)23-18(15-5-7-16(21)8-6-15)12-20(28)24-19-9-11-26(25-19)13-17-4-2-3-10-22-17/h2-11,18H,12-13H2,1H3,(H,23,27)(H,24,25,28). The Bertz CT molecular complexity index is 941. The lowest BCUT2D eigenvalue weighted by atomic mass is 10.0. The second-order valence-electron chi connectivity index (χ2n) is 6.28. The Balaban J connectivity index is 1.62. The third-order valence-electron chi connectivity index (χ3n) is 4.00. The summed E-state index contributed by atoms with van der Waals surface area (Å²) in [4.78, 5) is 28.2. The normalized spacial score (nSPS) is 11.6. The molecule has 0 aliphatic rings. The van der Waals surface area contributed by atoms with Crippen molar-refractivity contribution >= 4 is 29.2 Å². The highest BCUT2D eigenvalue weighted by atomic mass is 35.5. The number of carbonyl (C=O) groups is 2. The summed E-state index contributed by atoms with van der Waals surface area (Å²) >= 11 is 5.91. The van der Waals surface area contributed by atoms with Crippen molar-refractivity contribution in [3.05, 3.63) is 77.2 Å². The fourth-order valence-electron chi connectivity index (χ4n) is 2.75. The van der Waals surface area contributed by atoms with Crippen LogP contribution in [0.1, 0.15) is 30.6 Å². The van der Waals surface area contributed by atoms with Gasteiger partial charge in [-0.2, -0.15) is 5.10 Å². The first kappa shape index (κ1) is 19.6. The Hall–Kier alpha value is -3.19. The molecule has 0 aliphatic heterocycles. The Morgan fingerprint density at radius 3 is 2.61 bits per heavy atom. The molecule has 2 aromatic heterocycles. The van der Waals surface area contributed by atoms with Gasteiger partial charge in [-0.25, -0.2) is 0 Å². The molecule has 0 fully saturated rings. The van der Waals surface area contributed by atoms with E-state index in [0.29, 0.717) is 17.4 Å². The predicted molar refractivity (Wildman–Crippen MR) is 107 cm³/mol. The van der Waals surface area contributed by atoms with Crippen LogP contribution in [0.4, 0.5) is 5.82 Å². The highest BCUT2D eigenvalue weighted by molar-refractivity contribution is 6.30. The molecule has 3 rings (SSSR count). The van der Waals surface area contributed by atoms with Gasteiger partial charge in [0.1, 0.15) is 0 Å². The van der Waals surface area contributed by atoms with Crippen LogP contribution in [0.25, 0.3) is 0 Å². The Morgan fingerprint density at radius 1 is 1.14 bits per heavy atom. The van der Waals surface area contributed by atoms with Crippen LogP contribution < -0.4 is 10.6 Å². The first-order valence-corrected chi connectivity index (χ1v) is 9.13. The van der Waals surface area contributed by atoms with E-state index >= 15 is 0 Å². The molecule has 0 aliphatic carbocycles. The lowest BCUT2D eigenvalue weighted by Crippen LogP contribution is -2.29. The van der Waals surface area contributed by atoms with Gasteiger partial charge in [0.25, 0.3) is 0 Å². The Morgan fingerprint density at radius 2 is 1.93 bits per heavy atom. The average molecular weight is 398 g/mol. The number of carbonyl (C=O) groups excluding carboxylic acids is 2. The first-order valence-electron chi connectivity index (χ1n) is 8.75. The summed E-state index contributed by atoms with van der Waals surface area (Å²) in [6.45, 7) is 1.93. The smallest absolute Gasteiger partial charge is 0.227 e. The van der Waals surface area contributed by atoms with Crippen LogP contribution in [0.5, 0.6) is 0 Å². The van der Waals surface area contributed by atoms with Crippen molar-refractivity contribution in [2.24, 2.45) is 0 Å². The average Bonchev–Trinajstić information content (AvgIpc) is 3.09. The zero-order chi connectivity index (χ0) is 19.9. The molecule has 2 heterocycles. The second-order valence-corrected chi connectivity index (χ2v) is 6.71. The lowest BCUT2D eigenvalue weighted by Gasteiger charge is -2.18. The summed E-state index contributed by atoms with van der Waals surface area (Å²) in [6, 6.07) is 14.0. The van der Waals surface area contributed by atoms with E-state index in [1.165, 1.54) is 6.92 Å². The number of hydrogen-bond acceptors (Lipinski definition) is 4. The molecule has 144 valence electrons. The third-order valence-corrected chi connectivity index (χ3v) is 4.25. The van der Waals surface area contributed by atoms with Crippen molar-refractivity contribution in [1.82, 2.24) is 20.1 Å². The summed E-state index contributed by atoms with van der Waals surface area (Å²) in [5.74, 6) is -0.0252. The van der Waals surface area contributed by atoms with Crippen molar-refractivity contribution in [1.29, 1.82) is 0 Å². The van der Waals surface area contributed by atoms with Gasteiger partial charge in [-0.05, 0) is 29.8 Å².